The second-order valence-electron chi connectivity index (χ2n) is 9.04. The molecule has 0 saturated heterocycles. The van der Waals surface area contributed by atoms with E-state index >= 15 is 0 Å². The number of rotatable bonds is 2. The molecule has 1 aliphatic heterocycles. The van der Waals surface area contributed by atoms with E-state index in [1.807, 2.05) is 24.3 Å². The normalized spacial score (nSPS) is 17.0. The van der Waals surface area contributed by atoms with Gasteiger partial charge in [-0.05, 0) is 22.5 Å². The summed E-state index contributed by atoms with van der Waals surface area (Å²) in [5.41, 5.74) is 3.93. The van der Waals surface area contributed by atoms with E-state index in [1.54, 1.807) is 7.11 Å². The Hall–Kier alpha value is -2.29. The van der Waals surface area contributed by atoms with Gasteiger partial charge in [0, 0.05) is 16.7 Å². The van der Waals surface area contributed by atoms with Crippen LogP contribution in [0, 0.1) is 0 Å². The summed E-state index contributed by atoms with van der Waals surface area (Å²) in [6.07, 6.45) is 0. The maximum Gasteiger partial charge on any atom is 0.323 e. The van der Waals surface area contributed by atoms with Crippen LogP contribution < -0.4 is 9.47 Å². The molecule has 0 bridgehead atoms. The summed E-state index contributed by atoms with van der Waals surface area (Å²) < 4.78 is 11.3. The van der Waals surface area contributed by atoms with Crippen molar-refractivity contribution in [2.75, 3.05) is 7.11 Å². The van der Waals surface area contributed by atoms with E-state index in [9.17, 15) is 4.79 Å². The molecule has 0 spiro atoms. The minimum absolute atomic E-state index is 0.0218. The number of carbonyl (C=O) groups excluding carboxylic acids is 1. The fourth-order valence-corrected chi connectivity index (χ4v) is 3.46. The minimum Gasteiger partial charge on any atom is -0.496 e. The quantitative estimate of drug-likeness (QED) is 0.540. The Labute approximate surface area is 156 Å². The molecule has 0 fully saturated rings. The van der Waals surface area contributed by atoms with Crippen LogP contribution in [0.25, 0.3) is 0 Å². The molecule has 26 heavy (non-hydrogen) atoms. The largest absolute Gasteiger partial charge is 0.496 e. The van der Waals surface area contributed by atoms with Gasteiger partial charge in [-0.2, -0.15) is 0 Å². The zero-order chi connectivity index (χ0) is 19.3. The summed E-state index contributed by atoms with van der Waals surface area (Å²) in [5.74, 6) is 0.734. The summed E-state index contributed by atoms with van der Waals surface area (Å²) in [4.78, 5) is 12.9. The lowest BCUT2D eigenvalue weighted by Crippen LogP contribution is -2.17. The van der Waals surface area contributed by atoms with Crippen LogP contribution in [0.5, 0.6) is 11.5 Å². The van der Waals surface area contributed by atoms with Crippen molar-refractivity contribution < 1.29 is 14.3 Å². The van der Waals surface area contributed by atoms with Gasteiger partial charge in [-0.3, -0.25) is 4.79 Å². The van der Waals surface area contributed by atoms with Crippen LogP contribution in [-0.2, 0) is 15.6 Å². The summed E-state index contributed by atoms with van der Waals surface area (Å²) in [6.45, 7) is 13.0. The summed E-state index contributed by atoms with van der Waals surface area (Å²) in [7, 11) is 1.63. The molecule has 1 atom stereocenters. The molecule has 3 nitrogen and oxygen atoms in total. The molecule has 1 unspecified atom stereocenters. The molecule has 1 heterocycles. The highest BCUT2D eigenvalue weighted by molar-refractivity contribution is 5.91. The SMILES string of the molecule is COc1ccccc1C1C(=O)Oc2c1cc(C(C)(C)C)cc2C(C)(C)C. The Kier molecular flexibility index (Phi) is 4.38. The van der Waals surface area contributed by atoms with Crippen LogP contribution in [0.4, 0.5) is 0 Å². The molecule has 2 aromatic carbocycles. The second kappa shape index (κ2) is 6.15. The third kappa shape index (κ3) is 3.11. The Balaban J connectivity index is 2.29. The number of fused-ring (bicyclic) bond motifs is 1. The zero-order valence-electron chi connectivity index (χ0n) is 16.8. The van der Waals surface area contributed by atoms with Gasteiger partial charge in [0.2, 0.25) is 0 Å². The summed E-state index contributed by atoms with van der Waals surface area (Å²) >= 11 is 0. The summed E-state index contributed by atoms with van der Waals surface area (Å²) in [5, 5.41) is 0. The van der Waals surface area contributed by atoms with Crippen molar-refractivity contribution in [2.24, 2.45) is 0 Å². The first kappa shape index (κ1) is 18.5. The van der Waals surface area contributed by atoms with E-state index < -0.39 is 5.92 Å². The first-order chi connectivity index (χ1) is 12.0. The number of benzene rings is 2. The van der Waals surface area contributed by atoms with Crippen molar-refractivity contribution in [3.05, 3.63) is 58.7 Å². The average Bonchev–Trinajstić information content (AvgIpc) is 2.87. The maximum atomic E-state index is 12.9. The Bertz CT molecular complexity index is 851. The molecule has 0 aliphatic carbocycles. The van der Waals surface area contributed by atoms with Crippen LogP contribution >= 0.6 is 0 Å². The van der Waals surface area contributed by atoms with Crippen LogP contribution in [0.3, 0.4) is 0 Å². The standard InChI is InChI=1S/C23H28O3/c1-22(2,3)14-12-16-19(15-10-8-9-11-18(15)25-7)21(24)26-20(16)17(13-14)23(4,5)6/h8-13,19H,1-7H3. The van der Waals surface area contributed by atoms with E-state index in [2.05, 4.69) is 53.7 Å². The average molecular weight is 352 g/mol. The fraction of sp³-hybridized carbons (Fsp3) is 0.435. The molecule has 2 aromatic rings. The van der Waals surface area contributed by atoms with Gasteiger partial charge in [0.15, 0.2) is 0 Å². The predicted molar refractivity (Wildman–Crippen MR) is 104 cm³/mol. The number of para-hydroxylation sites is 1. The van der Waals surface area contributed by atoms with Gasteiger partial charge >= 0.3 is 5.97 Å². The molecule has 0 aromatic heterocycles. The van der Waals surface area contributed by atoms with E-state index in [1.165, 1.54) is 5.56 Å². The Morgan fingerprint density at radius 1 is 0.923 bits per heavy atom. The molecule has 0 N–H and O–H groups in total. The number of carbonyl (C=O) groups is 1. The number of ether oxygens (including phenoxy) is 2. The number of methoxy groups -OCH3 is 1. The zero-order valence-corrected chi connectivity index (χ0v) is 16.8. The van der Waals surface area contributed by atoms with E-state index in [0.717, 1.165) is 16.7 Å². The third-order valence-electron chi connectivity index (χ3n) is 4.99. The van der Waals surface area contributed by atoms with E-state index in [4.69, 9.17) is 9.47 Å². The highest BCUT2D eigenvalue weighted by atomic mass is 16.5. The number of hydrogen-bond acceptors (Lipinski definition) is 3. The molecule has 0 amide bonds. The minimum atomic E-state index is -0.454. The number of esters is 1. The maximum absolute atomic E-state index is 12.9. The van der Waals surface area contributed by atoms with Gasteiger partial charge in [-0.1, -0.05) is 71.9 Å². The lowest BCUT2D eigenvalue weighted by Gasteiger charge is -2.27. The molecule has 138 valence electrons. The van der Waals surface area contributed by atoms with Crippen molar-refractivity contribution in [2.45, 2.75) is 58.3 Å². The Morgan fingerprint density at radius 3 is 2.15 bits per heavy atom. The second-order valence-corrected chi connectivity index (χ2v) is 9.04. The lowest BCUT2D eigenvalue weighted by molar-refractivity contribution is -0.133. The molecular formula is C23H28O3. The third-order valence-corrected chi connectivity index (χ3v) is 4.99. The van der Waals surface area contributed by atoms with Gasteiger partial charge < -0.3 is 9.47 Å². The molecule has 0 radical (unpaired) electrons. The van der Waals surface area contributed by atoms with Crippen LogP contribution in [0.15, 0.2) is 36.4 Å². The van der Waals surface area contributed by atoms with Gasteiger partial charge in [-0.15, -0.1) is 0 Å². The van der Waals surface area contributed by atoms with Gasteiger partial charge in [-0.25, -0.2) is 0 Å². The molecular weight excluding hydrogens is 324 g/mol. The highest BCUT2D eigenvalue weighted by Crippen LogP contribution is 2.48. The van der Waals surface area contributed by atoms with E-state index in [0.29, 0.717) is 11.5 Å². The predicted octanol–water partition coefficient (Wildman–Crippen LogP) is 5.34. The van der Waals surface area contributed by atoms with Gasteiger partial charge in [0.05, 0.1) is 7.11 Å². The smallest absolute Gasteiger partial charge is 0.323 e. The van der Waals surface area contributed by atoms with Crippen LogP contribution in [0.2, 0.25) is 0 Å². The van der Waals surface area contributed by atoms with Crippen LogP contribution in [-0.4, -0.2) is 13.1 Å². The van der Waals surface area contributed by atoms with Crippen LogP contribution in [0.1, 0.15) is 69.7 Å². The first-order valence-corrected chi connectivity index (χ1v) is 9.07. The van der Waals surface area contributed by atoms with Gasteiger partial charge in [0.25, 0.3) is 0 Å². The number of hydrogen-bond donors (Lipinski definition) is 0. The first-order valence-electron chi connectivity index (χ1n) is 9.07. The van der Waals surface area contributed by atoms with Crippen molar-refractivity contribution >= 4 is 5.97 Å². The molecule has 1 aliphatic rings. The summed E-state index contributed by atoms with van der Waals surface area (Å²) in [6, 6.07) is 12.0. The highest BCUT2D eigenvalue weighted by Gasteiger charge is 2.40. The monoisotopic (exact) mass is 352 g/mol. The van der Waals surface area contributed by atoms with Crippen molar-refractivity contribution in [3.63, 3.8) is 0 Å². The molecule has 3 heteroatoms. The topological polar surface area (TPSA) is 35.5 Å². The Morgan fingerprint density at radius 2 is 1.58 bits per heavy atom. The molecule has 3 rings (SSSR count). The van der Waals surface area contributed by atoms with Crippen molar-refractivity contribution in [1.82, 2.24) is 0 Å². The van der Waals surface area contributed by atoms with Crippen molar-refractivity contribution in [3.8, 4) is 11.5 Å². The van der Waals surface area contributed by atoms with Gasteiger partial charge in [0.1, 0.15) is 17.4 Å². The molecule has 0 saturated carbocycles. The van der Waals surface area contributed by atoms with E-state index in [-0.39, 0.29) is 16.8 Å². The lowest BCUT2D eigenvalue weighted by atomic mass is 9.77. The van der Waals surface area contributed by atoms with Crippen molar-refractivity contribution in [1.29, 1.82) is 0 Å². The fourth-order valence-electron chi connectivity index (χ4n) is 3.46.